The van der Waals surface area contributed by atoms with Gasteiger partial charge in [0.2, 0.25) is 5.78 Å². The summed E-state index contributed by atoms with van der Waals surface area (Å²) in [5.41, 5.74) is -6.84. The van der Waals surface area contributed by atoms with Gasteiger partial charge in [0.25, 0.3) is 0 Å². The van der Waals surface area contributed by atoms with Crippen LogP contribution in [0.2, 0.25) is 0 Å². The molecule has 38 heavy (non-hydrogen) atoms. The number of hydrogen-bond donors (Lipinski definition) is 4. The summed E-state index contributed by atoms with van der Waals surface area (Å²) in [5.74, 6) is -2.60. The summed E-state index contributed by atoms with van der Waals surface area (Å²) < 4.78 is 0. The lowest BCUT2D eigenvalue weighted by molar-refractivity contribution is -0.185. The summed E-state index contributed by atoms with van der Waals surface area (Å²) in [4.78, 5) is 40.5. The summed E-state index contributed by atoms with van der Waals surface area (Å²) in [6.07, 6.45) is 5.83. The number of rotatable bonds is 4. The van der Waals surface area contributed by atoms with Crippen LogP contribution in [0.4, 0.5) is 0 Å². The first-order valence-electron chi connectivity index (χ1n) is 13.6. The number of aliphatic hydroxyl groups is 4. The van der Waals surface area contributed by atoms with Crippen LogP contribution in [0.15, 0.2) is 35.6 Å². The quantitative estimate of drug-likeness (QED) is 0.320. The molecule has 0 saturated heterocycles. The molecule has 8 atom stereocenters. The second kappa shape index (κ2) is 7.98. The SMILES string of the molecule is CC(C)(O)/C=C/C(=O)[C@](C)(O)[C@H]1[C@H](O)C[C@@]2(C)[C@@H]3CC=C4C(C)(C)C(=O)C(O)=C[C@@]4(C)[C@]3(C)C(=O)C[C@]12C. The Morgan fingerprint density at radius 1 is 1.03 bits per heavy atom. The van der Waals surface area contributed by atoms with Gasteiger partial charge in [0.15, 0.2) is 11.5 Å². The second-order valence-electron chi connectivity index (χ2n) is 14.5. The van der Waals surface area contributed by atoms with E-state index in [2.05, 4.69) is 0 Å². The zero-order chi connectivity index (χ0) is 29.1. The molecular weight excluding hydrogens is 484 g/mol. The summed E-state index contributed by atoms with van der Waals surface area (Å²) in [6, 6.07) is 0. The number of carbonyl (C=O) groups is 3. The molecule has 4 N–H and O–H groups in total. The minimum Gasteiger partial charge on any atom is -0.505 e. The van der Waals surface area contributed by atoms with Crippen LogP contribution < -0.4 is 0 Å². The Labute approximate surface area is 225 Å². The highest BCUT2D eigenvalue weighted by molar-refractivity contribution is 6.03. The van der Waals surface area contributed by atoms with Crippen molar-refractivity contribution in [3.8, 4) is 0 Å². The Hall–Kier alpha value is -2.09. The van der Waals surface area contributed by atoms with Gasteiger partial charge in [0, 0.05) is 23.2 Å². The molecule has 7 nitrogen and oxygen atoms in total. The first-order valence-corrected chi connectivity index (χ1v) is 13.6. The number of carbonyl (C=O) groups excluding carboxylic acids is 3. The normalized spacial score (nSPS) is 44.1. The van der Waals surface area contributed by atoms with Crippen LogP contribution in [0.25, 0.3) is 0 Å². The highest BCUT2D eigenvalue weighted by Gasteiger charge is 2.76. The van der Waals surface area contributed by atoms with Crippen molar-refractivity contribution in [1.29, 1.82) is 0 Å². The zero-order valence-corrected chi connectivity index (χ0v) is 24.2. The third kappa shape index (κ3) is 3.40. The van der Waals surface area contributed by atoms with E-state index in [4.69, 9.17) is 0 Å². The fraction of sp³-hybridized carbons (Fsp3) is 0.710. The van der Waals surface area contributed by atoms with Crippen molar-refractivity contribution in [2.75, 3.05) is 0 Å². The molecule has 0 amide bonds. The molecule has 4 aliphatic rings. The van der Waals surface area contributed by atoms with Crippen LogP contribution in [-0.4, -0.2) is 55.1 Å². The molecule has 0 radical (unpaired) electrons. The fourth-order valence-electron chi connectivity index (χ4n) is 9.15. The van der Waals surface area contributed by atoms with E-state index in [0.717, 1.165) is 11.6 Å². The zero-order valence-electron chi connectivity index (χ0n) is 24.2. The molecule has 4 rings (SSSR count). The maximum absolute atomic E-state index is 14.4. The smallest absolute Gasteiger partial charge is 0.206 e. The first kappa shape index (κ1) is 28.9. The van der Waals surface area contributed by atoms with Crippen LogP contribution >= 0.6 is 0 Å². The third-order valence-corrected chi connectivity index (χ3v) is 11.4. The number of Topliss-reactive ketones (excluding diaryl/α,β-unsaturated/α-hetero) is 2. The molecule has 0 heterocycles. The largest absolute Gasteiger partial charge is 0.505 e. The van der Waals surface area contributed by atoms with Gasteiger partial charge in [-0.3, -0.25) is 14.4 Å². The van der Waals surface area contributed by atoms with Crippen molar-refractivity contribution in [3.63, 3.8) is 0 Å². The van der Waals surface area contributed by atoms with Crippen molar-refractivity contribution >= 4 is 17.3 Å². The summed E-state index contributed by atoms with van der Waals surface area (Å²) >= 11 is 0. The maximum Gasteiger partial charge on any atom is 0.206 e. The van der Waals surface area contributed by atoms with Crippen molar-refractivity contribution < 1.29 is 34.8 Å². The van der Waals surface area contributed by atoms with Crippen molar-refractivity contribution in [2.45, 2.75) is 98.9 Å². The lowest BCUT2D eigenvalue weighted by Gasteiger charge is -2.66. The van der Waals surface area contributed by atoms with Gasteiger partial charge >= 0.3 is 0 Å². The van der Waals surface area contributed by atoms with Gasteiger partial charge in [-0.05, 0) is 81.9 Å². The van der Waals surface area contributed by atoms with E-state index >= 15 is 0 Å². The average molecular weight is 529 g/mol. The molecule has 0 aromatic heterocycles. The van der Waals surface area contributed by atoms with E-state index in [0.29, 0.717) is 6.42 Å². The number of ketones is 3. The Morgan fingerprint density at radius 3 is 2.16 bits per heavy atom. The van der Waals surface area contributed by atoms with E-state index < -0.39 is 56.1 Å². The number of fused-ring (bicyclic) bond motifs is 5. The Bertz CT molecular complexity index is 1200. The molecule has 2 saturated carbocycles. The third-order valence-electron chi connectivity index (χ3n) is 11.4. The summed E-state index contributed by atoms with van der Waals surface area (Å²) in [6.45, 7) is 15.8. The van der Waals surface area contributed by atoms with E-state index in [-0.39, 0.29) is 36.1 Å². The van der Waals surface area contributed by atoms with Gasteiger partial charge in [0.1, 0.15) is 11.4 Å². The maximum atomic E-state index is 14.4. The Kier molecular flexibility index (Phi) is 6.07. The highest BCUT2D eigenvalue weighted by atomic mass is 16.3. The molecule has 210 valence electrons. The standard InChI is InChI=1S/C31H44O7/c1-25(2,37)13-12-21(34)31(9,38)23-17(32)14-27(5)20-11-10-19-26(3,4)24(36)18(33)15-28(19,6)30(20,8)22(35)16-29(23,27)7/h10,12-13,15,17,20,23,32-33,37-38H,11,14,16H2,1-9H3/b13-12+/t17-,20+,23+,27+,28-,29-,30+,31+/m1/s1. The van der Waals surface area contributed by atoms with Crippen LogP contribution in [0.5, 0.6) is 0 Å². The van der Waals surface area contributed by atoms with Crippen LogP contribution in [0.3, 0.4) is 0 Å². The average Bonchev–Trinajstić information content (AvgIpc) is 2.96. The Balaban J connectivity index is 1.86. The number of allylic oxidation sites excluding steroid dienone is 4. The number of hydrogen-bond acceptors (Lipinski definition) is 7. The van der Waals surface area contributed by atoms with E-state index in [1.54, 1.807) is 19.9 Å². The van der Waals surface area contributed by atoms with Crippen LogP contribution in [-0.2, 0) is 14.4 Å². The van der Waals surface area contributed by atoms with Crippen molar-refractivity contribution in [3.05, 3.63) is 35.6 Å². The molecule has 0 aromatic carbocycles. The fourth-order valence-corrected chi connectivity index (χ4v) is 9.15. The predicted octanol–water partition coefficient (Wildman–Crippen LogP) is 4.01. The molecular formula is C31H44O7. The van der Waals surface area contributed by atoms with E-state index in [9.17, 15) is 34.8 Å². The van der Waals surface area contributed by atoms with Gasteiger partial charge < -0.3 is 20.4 Å². The van der Waals surface area contributed by atoms with Crippen LogP contribution in [0, 0.1) is 38.9 Å². The van der Waals surface area contributed by atoms with E-state index in [1.165, 1.54) is 26.8 Å². The topological polar surface area (TPSA) is 132 Å². The minimum atomic E-state index is -1.97. The van der Waals surface area contributed by atoms with Crippen molar-refractivity contribution in [2.24, 2.45) is 38.9 Å². The predicted molar refractivity (Wildman–Crippen MR) is 143 cm³/mol. The summed E-state index contributed by atoms with van der Waals surface area (Å²) in [7, 11) is 0. The van der Waals surface area contributed by atoms with Gasteiger partial charge in [-0.25, -0.2) is 0 Å². The molecule has 2 fully saturated rings. The lowest BCUT2D eigenvalue weighted by atomic mass is 9.35. The van der Waals surface area contributed by atoms with Crippen LogP contribution in [0.1, 0.15) is 81.6 Å². The minimum absolute atomic E-state index is 0.0305. The molecule has 0 unspecified atom stereocenters. The molecule has 0 aliphatic heterocycles. The summed E-state index contributed by atoms with van der Waals surface area (Å²) in [5, 5.41) is 43.9. The molecule has 0 bridgehead atoms. The highest BCUT2D eigenvalue weighted by Crippen LogP contribution is 2.76. The molecule has 0 aromatic rings. The molecule has 7 heteroatoms. The second-order valence-corrected chi connectivity index (χ2v) is 14.5. The number of aliphatic hydroxyl groups excluding tert-OH is 2. The Morgan fingerprint density at radius 2 is 1.61 bits per heavy atom. The molecule has 4 aliphatic carbocycles. The molecule has 0 spiro atoms. The van der Waals surface area contributed by atoms with Gasteiger partial charge in [-0.1, -0.05) is 39.8 Å². The first-order chi connectivity index (χ1) is 17.0. The monoisotopic (exact) mass is 528 g/mol. The van der Waals surface area contributed by atoms with Crippen molar-refractivity contribution in [1.82, 2.24) is 0 Å². The lowest BCUT2D eigenvalue weighted by Crippen LogP contribution is -2.67. The van der Waals surface area contributed by atoms with Gasteiger partial charge in [-0.2, -0.15) is 0 Å². The van der Waals surface area contributed by atoms with E-state index in [1.807, 2.05) is 33.8 Å². The van der Waals surface area contributed by atoms with Gasteiger partial charge in [0.05, 0.1) is 17.1 Å². The van der Waals surface area contributed by atoms with Gasteiger partial charge in [-0.15, -0.1) is 0 Å².